The van der Waals surface area contributed by atoms with Crippen LogP contribution in [0.2, 0.25) is 0 Å². The Bertz CT molecular complexity index is 1640. The molecule has 278 valence electrons. The lowest BCUT2D eigenvalue weighted by Gasteiger charge is -2.25. The Labute approximate surface area is 303 Å². The lowest BCUT2D eigenvalue weighted by atomic mass is 9.98. The van der Waals surface area contributed by atoms with Crippen molar-refractivity contribution in [3.8, 4) is 11.1 Å². The van der Waals surface area contributed by atoms with E-state index in [1.54, 1.807) is 38.1 Å². The number of hydrogen-bond acceptors (Lipinski definition) is 8. The number of urea groups is 1. The number of anilines is 1. The largest absolute Gasteiger partial charge is 0.449 e. The van der Waals surface area contributed by atoms with Crippen LogP contribution in [0, 0.1) is 5.92 Å². The van der Waals surface area contributed by atoms with Gasteiger partial charge in [-0.1, -0.05) is 74.5 Å². The van der Waals surface area contributed by atoms with E-state index in [1.165, 1.54) is 0 Å². The molecular formula is C38H48N6O8. The van der Waals surface area contributed by atoms with Crippen molar-refractivity contribution in [2.24, 2.45) is 11.7 Å². The molecule has 3 aromatic rings. The summed E-state index contributed by atoms with van der Waals surface area (Å²) in [6.45, 7) is 4.17. The van der Waals surface area contributed by atoms with Gasteiger partial charge >= 0.3 is 12.1 Å². The van der Waals surface area contributed by atoms with Crippen molar-refractivity contribution in [2.75, 3.05) is 38.2 Å². The number of rotatable bonds is 19. The summed E-state index contributed by atoms with van der Waals surface area (Å²) in [5.74, 6) is -1.81. The minimum Gasteiger partial charge on any atom is -0.449 e. The molecule has 2 unspecified atom stereocenters. The van der Waals surface area contributed by atoms with Gasteiger partial charge in [0, 0.05) is 31.1 Å². The number of fused-ring (bicyclic) bond motifs is 3. The van der Waals surface area contributed by atoms with Gasteiger partial charge in [0.1, 0.15) is 18.7 Å². The van der Waals surface area contributed by atoms with Crippen LogP contribution in [0.1, 0.15) is 55.7 Å². The molecule has 0 heterocycles. The van der Waals surface area contributed by atoms with E-state index in [9.17, 15) is 29.1 Å². The van der Waals surface area contributed by atoms with E-state index in [1.807, 2.05) is 36.4 Å². The predicted molar refractivity (Wildman–Crippen MR) is 195 cm³/mol. The number of amides is 6. The van der Waals surface area contributed by atoms with Gasteiger partial charge < -0.3 is 46.9 Å². The van der Waals surface area contributed by atoms with Gasteiger partial charge in [0.05, 0.1) is 19.8 Å². The maximum Gasteiger partial charge on any atom is 0.407 e. The number of benzene rings is 3. The van der Waals surface area contributed by atoms with E-state index in [0.29, 0.717) is 17.7 Å². The van der Waals surface area contributed by atoms with Gasteiger partial charge in [-0.15, -0.1) is 0 Å². The minimum absolute atomic E-state index is 0.0337. The fourth-order valence-corrected chi connectivity index (χ4v) is 5.89. The van der Waals surface area contributed by atoms with Crippen molar-refractivity contribution in [3.05, 3.63) is 89.5 Å². The fraction of sp³-hybridized carbons (Fsp3) is 0.395. The third-order valence-corrected chi connectivity index (χ3v) is 8.60. The zero-order valence-corrected chi connectivity index (χ0v) is 29.5. The van der Waals surface area contributed by atoms with Crippen LogP contribution in [0.5, 0.6) is 0 Å². The van der Waals surface area contributed by atoms with E-state index in [-0.39, 0.29) is 64.2 Å². The molecule has 0 radical (unpaired) electrons. The van der Waals surface area contributed by atoms with Gasteiger partial charge in [0.15, 0.2) is 0 Å². The molecule has 0 spiro atoms. The standard InChI is InChI=1S/C38H48N6O8/c1-24(2)34(36(48)43-32(12-7-18-40-37(39)49)35(47)42-26-15-13-25(22-45)14-16-26)44-33(46)17-20-51-21-19-41-38(50)52-23-31-29-10-5-3-8-27(29)28-9-4-6-11-30(28)31/h3-6,8-11,13-16,24,31-32,34,45H,7,12,17-23H2,1-2H3,(H,41,50)(H,42,47)(H,43,48)(H,44,46)(H3,39,40,49). The zero-order valence-electron chi connectivity index (χ0n) is 29.5. The number of primary amides is 1. The second-order valence-corrected chi connectivity index (χ2v) is 12.7. The van der Waals surface area contributed by atoms with Gasteiger partial charge in [-0.25, -0.2) is 9.59 Å². The van der Waals surface area contributed by atoms with Crippen LogP contribution in [0.15, 0.2) is 72.8 Å². The highest BCUT2D eigenvalue weighted by Gasteiger charge is 2.30. The van der Waals surface area contributed by atoms with E-state index >= 15 is 0 Å². The molecule has 0 aromatic heterocycles. The first-order valence-corrected chi connectivity index (χ1v) is 17.4. The van der Waals surface area contributed by atoms with Gasteiger partial charge in [0.2, 0.25) is 17.7 Å². The number of carbonyl (C=O) groups is 5. The Hall–Kier alpha value is -5.47. The van der Waals surface area contributed by atoms with Crippen molar-refractivity contribution in [1.82, 2.24) is 21.3 Å². The molecule has 3 aromatic carbocycles. The van der Waals surface area contributed by atoms with E-state index in [0.717, 1.165) is 22.3 Å². The van der Waals surface area contributed by atoms with E-state index < -0.39 is 41.9 Å². The molecule has 0 saturated heterocycles. The number of aliphatic hydroxyl groups is 1. The quantitative estimate of drug-likeness (QED) is 0.0915. The molecule has 1 aliphatic rings. The molecule has 2 atom stereocenters. The first kappa shape index (κ1) is 39.3. The second kappa shape index (κ2) is 19.8. The highest BCUT2D eigenvalue weighted by molar-refractivity contribution is 5.98. The molecule has 0 saturated carbocycles. The Balaban J connectivity index is 1.18. The van der Waals surface area contributed by atoms with Gasteiger partial charge in [-0.2, -0.15) is 0 Å². The molecule has 4 rings (SSSR count). The zero-order chi connectivity index (χ0) is 37.5. The van der Waals surface area contributed by atoms with Gasteiger partial charge in [-0.3, -0.25) is 14.4 Å². The number of ether oxygens (including phenoxy) is 2. The topological polar surface area (TPSA) is 210 Å². The predicted octanol–water partition coefficient (Wildman–Crippen LogP) is 3.14. The number of nitrogens with one attached hydrogen (secondary N) is 5. The molecule has 6 amide bonds. The first-order chi connectivity index (χ1) is 25.1. The van der Waals surface area contributed by atoms with Crippen LogP contribution in [-0.4, -0.2) is 79.9 Å². The Morgan fingerprint density at radius 2 is 1.46 bits per heavy atom. The summed E-state index contributed by atoms with van der Waals surface area (Å²) in [6, 6.07) is 20.1. The molecule has 0 fully saturated rings. The van der Waals surface area contributed by atoms with Crippen LogP contribution in [0.3, 0.4) is 0 Å². The van der Waals surface area contributed by atoms with Gasteiger partial charge in [-0.05, 0) is 58.7 Å². The monoisotopic (exact) mass is 716 g/mol. The van der Waals surface area contributed by atoms with E-state index in [4.69, 9.17) is 15.2 Å². The Kier molecular flexibility index (Phi) is 15.0. The number of hydrogen-bond donors (Lipinski definition) is 7. The molecule has 1 aliphatic carbocycles. The minimum atomic E-state index is -0.981. The molecule has 0 bridgehead atoms. The number of nitrogens with two attached hydrogens (primary N) is 1. The molecule has 8 N–H and O–H groups in total. The summed E-state index contributed by atoms with van der Waals surface area (Å²) < 4.78 is 11.1. The summed E-state index contributed by atoms with van der Waals surface area (Å²) in [6.07, 6.45) is -0.0708. The van der Waals surface area contributed by atoms with Crippen LogP contribution in [-0.2, 0) is 30.5 Å². The smallest absolute Gasteiger partial charge is 0.407 e. The third-order valence-electron chi connectivity index (χ3n) is 8.60. The number of carbonyl (C=O) groups excluding carboxylic acids is 5. The normalized spacial score (nSPS) is 12.9. The average molecular weight is 717 g/mol. The van der Waals surface area contributed by atoms with Crippen molar-refractivity contribution < 1.29 is 38.6 Å². The molecule has 14 nitrogen and oxygen atoms in total. The van der Waals surface area contributed by atoms with Crippen LogP contribution >= 0.6 is 0 Å². The summed E-state index contributed by atoms with van der Waals surface area (Å²) >= 11 is 0. The van der Waals surface area contributed by atoms with Crippen molar-refractivity contribution in [3.63, 3.8) is 0 Å². The summed E-state index contributed by atoms with van der Waals surface area (Å²) in [4.78, 5) is 62.8. The molecule has 52 heavy (non-hydrogen) atoms. The first-order valence-electron chi connectivity index (χ1n) is 17.4. The molecule has 0 aliphatic heterocycles. The van der Waals surface area contributed by atoms with Crippen LogP contribution in [0.25, 0.3) is 11.1 Å². The molecule has 14 heteroatoms. The summed E-state index contributed by atoms with van der Waals surface area (Å²) in [5.41, 5.74) is 10.8. The highest BCUT2D eigenvalue weighted by atomic mass is 16.5. The highest BCUT2D eigenvalue weighted by Crippen LogP contribution is 2.44. The number of aliphatic hydroxyl groups excluding tert-OH is 1. The van der Waals surface area contributed by atoms with Crippen LogP contribution < -0.4 is 32.3 Å². The van der Waals surface area contributed by atoms with E-state index in [2.05, 4.69) is 38.7 Å². The Morgan fingerprint density at radius 1 is 0.808 bits per heavy atom. The van der Waals surface area contributed by atoms with Gasteiger partial charge in [0.25, 0.3) is 0 Å². The summed E-state index contributed by atoms with van der Waals surface area (Å²) in [5, 5.41) is 22.6. The SMILES string of the molecule is CC(C)C(NC(=O)CCOCCNC(=O)OCC1c2ccccc2-c2ccccc21)C(=O)NC(CCCNC(N)=O)C(=O)Nc1ccc(CO)cc1. The summed E-state index contributed by atoms with van der Waals surface area (Å²) in [7, 11) is 0. The average Bonchev–Trinajstić information content (AvgIpc) is 3.45. The van der Waals surface area contributed by atoms with Crippen molar-refractivity contribution in [1.29, 1.82) is 0 Å². The van der Waals surface area contributed by atoms with Crippen molar-refractivity contribution >= 4 is 35.5 Å². The number of alkyl carbamates (subject to hydrolysis) is 1. The lowest BCUT2D eigenvalue weighted by molar-refractivity contribution is -0.132. The lowest BCUT2D eigenvalue weighted by Crippen LogP contribution is -2.54. The molecular weight excluding hydrogens is 668 g/mol. The maximum absolute atomic E-state index is 13.3. The fourth-order valence-electron chi connectivity index (χ4n) is 5.89. The van der Waals surface area contributed by atoms with Crippen molar-refractivity contribution in [2.45, 2.75) is 57.7 Å². The van der Waals surface area contributed by atoms with Crippen LogP contribution in [0.4, 0.5) is 15.3 Å². The second-order valence-electron chi connectivity index (χ2n) is 12.7. The maximum atomic E-state index is 13.3. The Morgan fingerprint density at radius 3 is 2.08 bits per heavy atom. The third kappa shape index (κ3) is 11.5.